The number of methoxy groups -OCH3 is 1. The van der Waals surface area contributed by atoms with E-state index in [0.29, 0.717) is 12.6 Å². The summed E-state index contributed by atoms with van der Waals surface area (Å²) in [5.41, 5.74) is 1.09. The number of hydrogen-bond donors (Lipinski definition) is 2. The zero-order valence-electron chi connectivity index (χ0n) is 17.1. The van der Waals surface area contributed by atoms with E-state index in [1.807, 2.05) is 12.1 Å². The summed E-state index contributed by atoms with van der Waals surface area (Å²) in [6, 6.07) is 6.05. The summed E-state index contributed by atoms with van der Waals surface area (Å²) in [5, 5.41) is 6.74. The summed E-state index contributed by atoms with van der Waals surface area (Å²) in [6.45, 7) is 2.59. The predicted octanol–water partition coefficient (Wildman–Crippen LogP) is 3.25. The Hall–Kier alpha value is -1.22. The quantitative estimate of drug-likeness (QED) is 0.241. The zero-order valence-corrected chi connectivity index (χ0v) is 19.4. The Labute approximate surface area is 181 Å². The highest BCUT2D eigenvalue weighted by Crippen LogP contribution is 2.34. The molecule has 7 heteroatoms. The highest BCUT2D eigenvalue weighted by atomic mass is 127. The minimum absolute atomic E-state index is 0. The number of nitrogens with zero attached hydrogens (tertiary/aromatic N) is 2. The maximum absolute atomic E-state index is 6.29. The largest absolute Gasteiger partial charge is 0.493 e. The Morgan fingerprint density at radius 2 is 1.96 bits per heavy atom. The predicted molar refractivity (Wildman–Crippen MR) is 123 cm³/mol. The lowest BCUT2D eigenvalue weighted by Gasteiger charge is -2.20. The summed E-state index contributed by atoms with van der Waals surface area (Å²) in [4.78, 5) is 6.49. The molecule has 1 aliphatic rings. The molecule has 0 amide bonds. The van der Waals surface area contributed by atoms with Crippen molar-refractivity contribution in [3.63, 3.8) is 0 Å². The average molecular weight is 490 g/mol. The topological polar surface area (TPSA) is 58.1 Å². The molecule has 6 nitrogen and oxygen atoms in total. The van der Waals surface area contributed by atoms with Crippen molar-refractivity contribution in [2.45, 2.75) is 44.8 Å². The molecule has 0 spiro atoms. The molecule has 0 unspecified atom stereocenters. The average Bonchev–Trinajstić information content (AvgIpc) is 3.15. The minimum atomic E-state index is 0. The first-order valence-electron chi connectivity index (χ1n) is 9.55. The van der Waals surface area contributed by atoms with E-state index in [1.54, 1.807) is 14.2 Å². The van der Waals surface area contributed by atoms with Crippen LogP contribution in [0, 0.1) is 0 Å². The second kappa shape index (κ2) is 13.0. The molecule has 0 saturated heterocycles. The lowest BCUT2D eigenvalue weighted by atomic mass is 10.1. The third kappa shape index (κ3) is 8.13. The van der Waals surface area contributed by atoms with Gasteiger partial charge in [0.05, 0.1) is 13.2 Å². The van der Waals surface area contributed by atoms with Crippen molar-refractivity contribution in [2.75, 3.05) is 41.3 Å². The van der Waals surface area contributed by atoms with Gasteiger partial charge in [-0.2, -0.15) is 0 Å². The number of nitrogens with one attached hydrogen (secondary N) is 2. The van der Waals surface area contributed by atoms with Crippen molar-refractivity contribution < 1.29 is 9.47 Å². The van der Waals surface area contributed by atoms with Gasteiger partial charge in [0.25, 0.3) is 0 Å². The van der Waals surface area contributed by atoms with Gasteiger partial charge in [-0.1, -0.05) is 12.1 Å². The summed E-state index contributed by atoms with van der Waals surface area (Å²) in [6.07, 6.45) is 6.12. The van der Waals surface area contributed by atoms with Crippen LogP contribution in [0.15, 0.2) is 23.2 Å². The van der Waals surface area contributed by atoms with Crippen LogP contribution in [0.1, 0.15) is 37.7 Å². The monoisotopic (exact) mass is 490 g/mol. The molecular weight excluding hydrogens is 455 g/mol. The van der Waals surface area contributed by atoms with E-state index in [-0.39, 0.29) is 24.0 Å². The van der Waals surface area contributed by atoms with Crippen LogP contribution >= 0.6 is 24.0 Å². The first-order valence-corrected chi connectivity index (χ1v) is 9.55. The molecule has 0 atom stereocenters. The van der Waals surface area contributed by atoms with Gasteiger partial charge in [-0.05, 0) is 58.8 Å². The molecule has 1 saturated carbocycles. The molecule has 0 aromatic heterocycles. The fraction of sp³-hybridized carbons (Fsp3) is 0.650. The first kappa shape index (κ1) is 23.8. The molecule has 1 aromatic carbocycles. The number of aliphatic imine (C=N–C) groups is 1. The van der Waals surface area contributed by atoms with Gasteiger partial charge < -0.3 is 25.0 Å². The second-order valence-corrected chi connectivity index (χ2v) is 6.98. The standard InChI is InChI=1S/C20H34N4O2.HI/c1-21-20(22-13-8-14-24(2)3)23-15-16-9-7-12-18(25-4)19(16)26-17-10-5-6-11-17;/h7,9,12,17H,5-6,8,10-11,13-15H2,1-4H3,(H2,21,22,23);1H. The second-order valence-electron chi connectivity index (χ2n) is 6.98. The van der Waals surface area contributed by atoms with Gasteiger partial charge in [0.1, 0.15) is 0 Å². The van der Waals surface area contributed by atoms with Gasteiger partial charge >= 0.3 is 0 Å². The number of para-hydroxylation sites is 1. The molecule has 0 heterocycles. The van der Waals surface area contributed by atoms with E-state index in [1.165, 1.54) is 12.8 Å². The molecular formula is C20H35IN4O2. The highest BCUT2D eigenvalue weighted by Gasteiger charge is 2.20. The number of guanidine groups is 1. The van der Waals surface area contributed by atoms with Crippen LogP contribution in [0.3, 0.4) is 0 Å². The SMILES string of the molecule is CN=C(NCCCN(C)C)NCc1cccc(OC)c1OC1CCCC1.I. The van der Waals surface area contributed by atoms with Crippen LogP contribution in [-0.4, -0.2) is 58.3 Å². The Bertz CT molecular complexity index is 575. The number of rotatable bonds is 9. The van der Waals surface area contributed by atoms with Crippen LogP contribution in [0.2, 0.25) is 0 Å². The molecule has 1 aliphatic carbocycles. The smallest absolute Gasteiger partial charge is 0.191 e. The summed E-state index contributed by atoms with van der Waals surface area (Å²) in [7, 11) is 7.66. The van der Waals surface area contributed by atoms with E-state index < -0.39 is 0 Å². The Morgan fingerprint density at radius 3 is 2.59 bits per heavy atom. The van der Waals surface area contributed by atoms with E-state index in [2.05, 4.69) is 40.7 Å². The molecule has 1 aromatic rings. The van der Waals surface area contributed by atoms with Crippen molar-refractivity contribution in [3.8, 4) is 11.5 Å². The van der Waals surface area contributed by atoms with E-state index in [0.717, 1.165) is 55.4 Å². The van der Waals surface area contributed by atoms with Gasteiger partial charge in [0.2, 0.25) is 0 Å². The number of halogens is 1. The van der Waals surface area contributed by atoms with Crippen molar-refractivity contribution in [1.29, 1.82) is 0 Å². The molecule has 1 fully saturated rings. The highest BCUT2D eigenvalue weighted by molar-refractivity contribution is 14.0. The van der Waals surface area contributed by atoms with Gasteiger partial charge in [-0.25, -0.2) is 0 Å². The summed E-state index contributed by atoms with van der Waals surface area (Å²) >= 11 is 0. The maximum atomic E-state index is 6.29. The van der Waals surface area contributed by atoms with Crippen molar-refractivity contribution in [2.24, 2.45) is 4.99 Å². The molecule has 0 bridgehead atoms. The third-order valence-electron chi connectivity index (χ3n) is 4.61. The molecule has 27 heavy (non-hydrogen) atoms. The first-order chi connectivity index (χ1) is 12.6. The van der Waals surface area contributed by atoms with Gasteiger partial charge in [0.15, 0.2) is 17.5 Å². The van der Waals surface area contributed by atoms with E-state index in [4.69, 9.17) is 9.47 Å². The van der Waals surface area contributed by atoms with Crippen LogP contribution in [0.4, 0.5) is 0 Å². The Balaban J connectivity index is 0.00000364. The number of ether oxygens (including phenoxy) is 2. The number of benzene rings is 1. The van der Waals surface area contributed by atoms with Crippen LogP contribution in [0.25, 0.3) is 0 Å². The Kier molecular flexibility index (Phi) is 11.5. The minimum Gasteiger partial charge on any atom is -0.493 e. The van der Waals surface area contributed by atoms with Crippen molar-refractivity contribution >= 4 is 29.9 Å². The Morgan fingerprint density at radius 1 is 1.22 bits per heavy atom. The van der Waals surface area contributed by atoms with Crippen LogP contribution < -0.4 is 20.1 Å². The van der Waals surface area contributed by atoms with Gasteiger partial charge in [0, 0.05) is 25.7 Å². The third-order valence-corrected chi connectivity index (χ3v) is 4.61. The zero-order chi connectivity index (χ0) is 18.8. The van der Waals surface area contributed by atoms with Crippen LogP contribution in [-0.2, 0) is 6.54 Å². The molecule has 0 radical (unpaired) electrons. The number of hydrogen-bond acceptors (Lipinski definition) is 4. The van der Waals surface area contributed by atoms with Crippen molar-refractivity contribution in [1.82, 2.24) is 15.5 Å². The molecule has 0 aliphatic heterocycles. The summed E-state index contributed by atoms with van der Waals surface area (Å²) in [5.74, 6) is 2.46. The lowest BCUT2D eigenvalue weighted by Crippen LogP contribution is -2.38. The molecule has 2 rings (SSSR count). The van der Waals surface area contributed by atoms with Crippen LogP contribution in [0.5, 0.6) is 11.5 Å². The molecule has 2 N–H and O–H groups in total. The summed E-state index contributed by atoms with van der Waals surface area (Å²) < 4.78 is 11.8. The van der Waals surface area contributed by atoms with Crippen molar-refractivity contribution in [3.05, 3.63) is 23.8 Å². The maximum Gasteiger partial charge on any atom is 0.191 e. The fourth-order valence-electron chi connectivity index (χ4n) is 3.17. The normalized spacial score (nSPS) is 14.8. The van der Waals surface area contributed by atoms with Gasteiger partial charge in [-0.15, -0.1) is 24.0 Å². The molecule has 154 valence electrons. The van der Waals surface area contributed by atoms with E-state index in [9.17, 15) is 0 Å². The van der Waals surface area contributed by atoms with E-state index >= 15 is 0 Å². The lowest BCUT2D eigenvalue weighted by molar-refractivity contribution is 0.198. The fourth-order valence-corrected chi connectivity index (χ4v) is 3.17. The van der Waals surface area contributed by atoms with Gasteiger partial charge in [-0.3, -0.25) is 4.99 Å².